The van der Waals surface area contributed by atoms with Crippen LogP contribution in [0.1, 0.15) is 112 Å². The maximum Gasteiger partial charge on any atom is 0.434 e. The van der Waals surface area contributed by atoms with Crippen LogP contribution in [-0.2, 0) is 56.2 Å². The van der Waals surface area contributed by atoms with E-state index in [9.17, 15) is 73.9 Å². The molecule has 2 aliphatic heterocycles. The smallest absolute Gasteiger partial charge is 0.434 e. The van der Waals surface area contributed by atoms with E-state index in [0.717, 1.165) is 57.8 Å². The third-order valence-electron chi connectivity index (χ3n) is 14.8. The van der Waals surface area contributed by atoms with Crippen LogP contribution in [0, 0.1) is 20.2 Å². The minimum Gasteiger partial charge on any atom is -0.480 e. The summed E-state index contributed by atoms with van der Waals surface area (Å²) in [7, 11) is 0. The third kappa shape index (κ3) is 34.9. The molecule has 0 amide bonds. The van der Waals surface area contributed by atoms with Crippen molar-refractivity contribution in [2.45, 2.75) is 130 Å². The molecule has 0 radical (unpaired) electrons. The number of hydrogen-bond donors (Lipinski definition) is 3. The van der Waals surface area contributed by atoms with Gasteiger partial charge in [0.2, 0.25) is 0 Å². The molecule has 2 aromatic rings. The first-order valence-corrected chi connectivity index (χ1v) is 30.7. The van der Waals surface area contributed by atoms with Crippen LogP contribution in [0.4, 0.5) is 11.9 Å². The Bertz CT molecular complexity index is 2470. The van der Waals surface area contributed by atoms with E-state index in [4.69, 9.17) is 4.74 Å². The number of esters is 1. The van der Waals surface area contributed by atoms with Crippen LogP contribution >= 0.6 is 0 Å². The molecule has 0 saturated carbocycles. The first-order valence-electron chi connectivity index (χ1n) is 30.7. The molecule has 2 aliphatic rings. The summed E-state index contributed by atoms with van der Waals surface area (Å²) >= 11 is 0. The number of ether oxygens (including phenoxy) is 1. The summed E-state index contributed by atoms with van der Waals surface area (Å²) < 4.78 is 8.64. The van der Waals surface area contributed by atoms with E-state index in [1.165, 1.54) is 17.0 Å². The van der Waals surface area contributed by atoms with Gasteiger partial charge in [-0.1, -0.05) is 48.5 Å². The molecule has 0 bridgehead atoms. The van der Waals surface area contributed by atoms with E-state index < -0.39 is 33.4 Å². The van der Waals surface area contributed by atoms with Crippen LogP contribution in [0.25, 0.3) is 0 Å². The first-order chi connectivity index (χ1) is 41.7. The molecule has 4 heterocycles. The van der Waals surface area contributed by atoms with Crippen molar-refractivity contribution in [3.63, 3.8) is 0 Å². The van der Waals surface area contributed by atoms with Gasteiger partial charge < -0.3 is 40.3 Å². The number of aromatic nitrogens is 4. The van der Waals surface area contributed by atoms with E-state index in [0.29, 0.717) is 157 Å². The van der Waals surface area contributed by atoms with Gasteiger partial charge in [0.15, 0.2) is 0 Å². The van der Waals surface area contributed by atoms with E-state index in [-0.39, 0.29) is 73.7 Å². The summed E-state index contributed by atoms with van der Waals surface area (Å²) in [6.07, 6.45) is 15.4. The maximum atomic E-state index is 13.0. The zero-order valence-electron chi connectivity index (χ0n) is 52.6. The number of aryl methyl sites for hydroxylation is 2. The SMILES string of the molecule is CC(=O)CN1CCN(CC(C)=O)CCN(CC(=O)OC(C)(C)C)CCN(CC(=O)CCCCCCCn2ccnc2[N+](=O)[O-])CC1.O=C(O)CN1CCN(CC(=O)O)CCN(CC(=O)CCCCCCCn2ccnc2[N+](=O)[O-])CCN(CC(=O)O)CC1. The lowest BCUT2D eigenvalue weighted by atomic mass is 10.1. The van der Waals surface area contributed by atoms with Crippen LogP contribution in [0.3, 0.4) is 0 Å². The van der Waals surface area contributed by atoms with Crippen LogP contribution < -0.4 is 0 Å². The number of ketones is 4. The van der Waals surface area contributed by atoms with Crippen LogP contribution in [0.5, 0.6) is 0 Å². The highest BCUT2D eigenvalue weighted by Crippen LogP contribution is 2.15. The van der Waals surface area contributed by atoms with Crippen molar-refractivity contribution in [3.05, 3.63) is 45.0 Å². The molecule has 0 aliphatic carbocycles. The van der Waals surface area contributed by atoms with Gasteiger partial charge in [0.05, 0.1) is 65.4 Å². The van der Waals surface area contributed by atoms with Crippen LogP contribution in [-0.4, -0.2) is 293 Å². The van der Waals surface area contributed by atoms with Crippen molar-refractivity contribution in [1.82, 2.24) is 58.3 Å². The Morgan fingerprint density at radius 3 is 0.966 bits per heavy atom. The van der Waals surface area contributed by atoms with Crippen LogP contribution in [0.15, 0.2) is 24.8 Å². The fourth-order valence-corrected chi connectivity index (χ4v) is 10.4. The summed E-state index contributed by atoms with van der Waals surface area (Å²) in [5, 5.41) is 49.9. The fourth-order valence-electron chi connectivity index (χ4n) is 10.4. The lowest BCUT2D eigenvalue weighted by molar-refractivity contribution is -0.396. The number of Topliss-reactive ketones (excluding diaryl/α,β-unsaturated/α-hetero) is 4. The van der Waals surface area contributed by atoms with E-state index in [2.05, 4.69) is 24.7 Å². The average Bonchev–Trinajstić information content (AvgIpc) is 4.32. The molecule has 0 aromatic carbocycles. The van der Waals surface area contributed by atoms with Gasteiger partial charge in [-0.25, -0.2) is 9.13 Å². The second kappa shape index (κ2) is 41.6. The number of carbonyl (C=O) groups is 8. The Morgan fingerprint density at radius 2 is 0.693 bits per heavy atom. The highest BCUT2D eigenvalue weighted by atomic mass is 16.6. The van der Waals surface area contributed by atoms with Crippen molar-refractivity contribution in [2.75, 3.05) is 157 Å². The van der Waals surface area contributed by atoms with Gasteiger partial charge >= 0.3 is 35.8 Å². The number of unbranched alkanes of at least 4 members (excludes halogenated alkanes) is 8. The fraction of sp³-hybridized carbons (Fsp3) is 0.759. The number of nitro groups is 2. The highest BCUT2D eigenvalue weighted by molar-refractivity contribution is 5.81. The number of carbonyl (C=O) groups excluding carboxylic acids is 5. The largest absolute Gasteiger partial charge is 0.480 e. The van der Waals surface area contributed by atoms with Crippen LogP contribution in [0.2, 0.25) is 0 Å². The third-order valence-corrected chi connectivity index (χ3v) is 14.8. The zero-order chi connectivity index (χ0) is 65.0. The minimum atomic E-state index is -1.01. The normalized spacial score (nSPS) is 16.8. The number of carboxylic acids is 3. The molecule has 496 valence electrons. The molecule has 0 atom stereocenters. The number of nitrogens with zero attached hydrogens (tertiary/aromatic N) is 14. The lowest BCUT2D eigenvalue weighted by Crippen LogP contribution is -2.49. The van der Waals surface area contributed by atoms with E-state index in [1.54, 1.807) is 45.5 Å². The molecule has 0 unspecified atom stereocenters. The van der Waals surface area contributed by atoms with Gasteiger partial charge in [0, 0.05) is 118 Å². The molecule has 2 aromatic heterocycles. The molecule has 88 heavy (non-hydrogen) atoms. The van der Waals surface area contributed by atoms with Gasteiger partial charge in [-0.15, -0.1) is 0 Å². The summed E-state index contributed by atoms with van der Waals surface area (Å²) in [4.78, 5) is 140. The standard InChI is InChI=1S/C32H55N7O7.C26H43N7O9/c1-27(40)23-34-15-16-35(24-28(2)41)18-21-37(26-30(43)46-32(3,4)5)22-20-36(19-17-34)25-29(42)11-9-7-6-8-10-13-38-14-12-33-31(38)39(44)45;34-22(6-4-2-1-3-5-8-32-9-7-27-26(32)33(41)42)18-28-10-12-29(19-23(35)36)14-16-31(21-25(39)40)17-15-30(13-11-28)20-24(37)38/h12,14H,6-11,13,15-26H2,1-5H3;7,9H,1-6,8,10-21H2,(H,35,36)(H,37,38)(H,39,40). The predicted octanol–water partition coefficient (Wildman–Crippen LogP) is 2.62. The number of hydrogen-bond acceptors (Lipinski definition) is 23. The van der Waals surface area contributed by atoms with E-state index in [1.807, 2.05) is 30.6 Å². The van der Waals surface area contributed by atoms with Gasteiger partial charge in [-0.3, -0.25) is 77.6 Å². The van der Waals surface area contributed by atoms with Gasteiger partial charge in [0.1, 0.15) is 53.5 Å². The summed E-state index contributed by atoms with van der Waals surface area (Å²) in [6, 6.07) is 0. The Kier molecular flexibility index (Phi) is 35.8. The van der Waals surface area contributed by atoms with Crippen molar-refractivity contribution in [1.29, 1.82) is 0 Å². The molecule has 2 saturated heterocycles. The van der Waals surface area contributed by atoms with Gasteiger partial charge in [0.25, 0.3) is 0 Å². The number of rotatable bonds is 34. The molecular formula is C58H98N14O16. The van der Waals surface area contributed by atoms with Crippen molar-refractivity contribution < 1.29 is 68.3 Å². The monoisotopic (exact) mass is 1250 g/mol. The lowest BCUT2D eigenvalue weighted by Gasteiger charge is -2.33. The molecule has 3 N–H and O–H groups in total. The zero-order valence-corrected chi connectivity index (χ0v) is 52.6. The van der Waals surface area contributed by atoms with Gasteiger partial charge in [-0.2, -0.15) is 0 Å². The summed E-state index contributed by atoms with van der Waals surface area (Å²) in [5.41, 5.74) is -0.594. The first kappa shape index (κ1) is 75.7. The maximum absolute atomic E-state index is 13.0. The summed E-state index contributed by atoms with van der Waals surface area (Å²) in [5.74, 6) is -3.27. The predicted molar refractivity (Wildman–Crippen MR) is 325 cm³/mol. The number of carboxylic acid groups (broad SMARTS) is 3. The van der Waals surface area contributed by atoms with Gasteiger partial charge in [-0.05, 0) is 70.1 Å². The molecule has 30 heteroatoms. The molecular weight excluding hydrogens is 1150 g/mol. The second-order valence-electron chi connectivity index (χ2n) is 23.8. The average molecular weight is 1250 g/mol. The minimum absolute atomic E-state index is 0.0540. The Morgan fingerprint density at radius 1 is 0.432 bits per heavy atom. The Balaban J connectivity index is 0.000000462. The molecule has 30 nitrogen and oxygen atoms in total. The topological polar surface area (TPSA) is 354 Å². The van der Waals surface area contributed by atoms with Crippen molar-refractivity contribution in [3.8, 4) is 0 Å². The molecule has 2 fully saturated rings. The van der Waals surface area contributed by atoms with Crippen molar-refractivity contribution in [2.24, 2.45) is 0 Å². The quantitative estimate of drug-likeness (QED) is 0.0392. The van der Waals surface area contributed by atoms with E-state index >= 15 is 0 Å². The molecule has 0 spiro atoms. The number of imidazole rings is 2. The second-order valence-corrected chi connectivity index (χ2v) is 23.8. The summed E-state index contributed by atoms with van der Waals surface area (Å²) in [6.45, 7) is 17.9. The highest BCUT2D eigenvalue weighted by Gasteiger charge is 2.25. The number of aliphatic carboxylic acids is 3. The Hall–Kier alpha value is -6.54. The Labute approximate surface area is 516 Å². The molecule has 4 rings (SSSR count). The van der Waals surface area contributed by atoms with Crippen molar-refractivity contribution >= 4 is 58.9 Å².